The standard InChI is InChI=1S/C17H16FN3O2S/c18-13-3-5-14(6-4-13)21-12-19-10-16(21)17(22)20-7-9-24-11-15-2-1-8-23-15/h1-6,8,10,12H,7,9,11H2,(H,20,22). The van der Waals surface area contributed by atoms with Gasteiger partial charge >= 0.3 is 0 Å². The van der Waals surface area contributed by atoms with Gasteiger partial charge in [-0.25, -0.2) is 9.37 Å². The molecule has 0 saturated carbocycles. The summed E-state index contributed by atoms with van der Waals surface area (Å²) in [6, 6.07) is 9.69. The Hall–Kier alpha value is -2.54. The number of hydrogen-bond acceptors (Lipinski definition) is 4. The van der Waals surface area contributed by atoms with Crippen LogP contribution in [-0.4, -0.2) is 27.8 Å². The van der Waals surface area contributed by atoms with Crippen molar-refractivity contribution in [2.24, 2.45) is 0 Å². The fourth-order valence-electron chi connectivity index (χ4n) is 2.17. The first-order chi connectivity index (χ1) is 11.7. The van der Waals surface area contributed by atoms with Crippen LogP contribution < -0.4 is 5.32 Å². The maximum atomic E-state index is 13.0. The fourth-order valence-corrected chi connectivity index (χ4v) is 2.92. The van der Waals surface area contributed by atoms with E-state index in [0.29, 0.717) is 17.9 Å². The lowest BCUT2D eigenvalue weighted by Gasteiger charge is -2.08. The van der Waals surface area contributed by atoms with Gasteiger partial charge in [0.15, 0.2) is 0 Å². The smallest absolute Gasteiger partial charge is 0.269 e. The Morgan fingerprint density at radius 2 is 2.12 bits per heavy atom. The van der Waals surface area contributed by atoms with Crippen LogP contribution in [-0.2, 0) is 5.75 Å². The van der Waals surface area contributed by atoms with Crippen LogP contribution in [0.4, 0.5) is 4.39 Å². The fraction of sp³-hybridized carbons (Fsp3) is 0.176. The molecule has 1 N–H and O–H groups in total. The van der Waals surface area contributed by atoms with Crippen molar-refractivity contribution >= 4 is 17.7 Å². The van der Waals surface area contributed by atoms with E-state index in [2.05, 4.69) is 10.3 Å². The number of hydrogen-bond donors (Lipinski definition) is 1. The predicted octanol–water partition coefficient (Wildman–Crippen LogP) is 3.27. The third kappa shape index (κ3) is 4.05. The molecule has 0 radical (unpaired) electrons. The topological polar surface area (TPSA) is 60.1 Å². The average molecular weight is 345 g/mol. The molecule has 124 valence electrons. The molecule has 0 bridgehead atoms. The Morgan fingerprint density at radius 1 is 1.29 bits per heavy atom. The van der Waals surface area contributed by atoms with Crippen LogP contribution in [0.5, 0.6) is 0 Å². The summed E-state index contributed by atoms with van der Waals surface area (Å²) in [5.74, 6) is 1.93. The first-order valence-electron chi connectivity index (χ1n) is 7.40. The van der Waals surface area contributed by atoms with Gasteiger partial charge in [0, 0.05) is 18.0 Å². The Labute approximate surface area is 142 Å². The number of rotatable bonds is 7. The lowest BCUT2D eigenvalue weighted by Crippen LogP contribution is -2.27. The zero-order chi connectivity index (χ0) is 16.8. The number of nitrogens with zero attached hydrogens (tertiary/aromatic N) is 2. The highest BCUT2D eigenvalue weighted by atomic mass is 32.2. The second-order valence-electron chi connectivity index (χ2n) is 5.01. The van der Waals surface area contributed by atoms with Crippen molar-refractivity contribution in [2.75, 3.05) is 12.3 Å². The minimum Gasteiger partial charge on any atom is -0.468 e. The van der Waals surface area contributed by atoms with Gasteiger partial charge in [-0.05, 0) is 36.4 Å². The number of nitrogens with one attached hydrogen (secondary N) is 1. The zero-order valence-corrected chi connectivity index (χ0v) is 13.6. The van der Waals surface area contributed by atoms with Crippen molar-refractivity contribution in [3.63, 3.8) is 0 Å². The van der Waals surface area contributed by atoms with E-state index in [1.54, 1.807) is 34.7 Å². The van der Waals surface area contributed by atoms with E-state index in [1.165, 1.54) is 24.7 Å². The molecule has 1 amide bonds. The molecule has 2 heterocycles. The quantitative estimate of drug-likeness (QED) is 0.668. The van der Waals surface area contributed by atoms with E-state index >= 15 is 0 Å². The third-order valence-corrected chi connectivity index (χ3v) is 4.31. The Balaban J connectivity index is 1.52. The molecule has 0 unspecified atom stereocenters. The molecule has 2 aromatic heterocycles. The summed E-state index contributed by atoms with van der Waals surface area (Å²) in [6.07, 6.45) is 4.68. The van der Waals surface area contributed by atoms with Crippen molar-refractivity contribution in [1.29, 1.82) is 0 Å². The summed E-state index contributed by atoms with van der Waals surface area (Å²) in [5, 5.41) is 2.86. The zero-order valence-electron chi connectivity index (χ0n) is 12.8. The van der Waals surface area contributed by atoms with Crippen molar-refractivity contribution < 1.29 is 13.6 Å². The minimum absolute atomic E-state index is 0.213. The first-order valence-corrected chi connectivity index (χ1v) is 8.56. The summed E-state index contributed by atoms with van der Waals surface area (Å²) in [5.41, 5.74) is 1.10. The third-order valence-electron chi connectivity index (χ3n) is 3.33. The van der Waals surface area contributed by atoms with Gasteiger partial charge in [0.05, 0.1) is 24.5 Å². The van der Waals surface area contributed by atoms with Gasteiger partial charge < -0.3 is 9.73 Å². The van der Waals surface area contributed by atoms with Crippen molar-refractivity contribution in [3.05, 3.63) is 72.5 Å². The van der Waals surface area contributed by atoms with Gasteiger partial charge in [-0.2, -0.15) is 11.8 Å². The molecule has 0 spiro atoms. The number of carbonyl (C=O) groups excluding carboxylic acids is 1. The van der Waals surface area contributed by atoms with Gasteiger partial charge in [-0.15, -0.1) is 0 Å². The van der Waals surface area contributed by atoms with E-state index < -0.39 is 0 Å². The van der Waals surface area contributed by atoms with Crippen LogP contribution >= 0.6 is 11.8 Å². The Bertz CT molecular complexity index is 785. The minimum atomic E-state index is -0.321. The van der Waals surface area contributed by atoms with Crippen LogP contribution in [0.1, 0.15) is 16.2 Å². The molecule has 3 rings (SSSR count). The van der Waals surface area contributed by atoms with Crippen LogP contribution in [0.3, 0.4) is 0 Å². The maximum absolute atomic E-state index is 13.0. The van der Waals surface area contributed by atoms with Gasteiger partial charge in [0.25, 0.3) is 5.91 Å². The number of thioether (sulfide) groups is 1. The van der Waals surface area contributed by atoms with Crippen molar-refractivity contribution in [1.82, 2.24) is 14.9 Å². The molecule has 1 aromatic carbocycles. The molecule has 0 saturated heterocycles. The molecular weight excluding hydrogens is 329 g/mol. The highest BCUT2D eigenvalue weighted by molar-refractivity contribution is 7.98. The van der Waals surface area contributed by atoms with Crippen LogP contribution in [0.2, 0.25) is 0 Å². The summed E-state index contributed by atoms with van der Waals surface area (Å²) in [6.45, 7) is 0.540. The second kappa shape index (κ2) is 7.83. The van der Waals surface area contributed by atoms with E-state index in [4.69, 9.17) is 4.42 Å². The number of furan rings is 1. The SMILES string of the molecule is O=C(NCCSCc1ccco1)c1cncn1-c1ccc(F)cc1. The molecule has 0 aliphatic carbocycles. The molecule has 0 fully saturated rings. The lowest BCUT2D eigenvalue weighted by atomic mass is 10.3. The molecule has 7 heteroatoms. The van der Waals surface area contributed by atoms with Gasteiger partial charge in [0.2, 0.25) is 0 Å². The number of imidazole rings is 1. The number of halogens is 1. The van der Waals surface area contributed by atoms with Crippen LogP contribution in [0.25, 0.3) is 5.69 Å². The Morgan fingerprint density at radius 3 is 2.88 bits per heavy atom. The van der Waals surface area contributed by atoms with Crippen molar-refractivity contribution in [3.8, 4) is 5.69 Å². The van der Waals surface area contributed by atoms with Crippen molar-refractivity contribution in [2.45, 2.75) is 5.75 Å². The van der Waals surface area contributed by atoms with Crippen LogP contribution in [0.15, 0.2) is 59.6 Å². The highest BCUT2D eigenvalue weighted by Gasteiger charge is 2.12. The molecular formula is C17H16FN3O2S. The van der Waals surface area contributed by atoms with E-state index in [0.717, 1.165) is 17.3 Å². The maximum Gasteiger partial charge on any atom is 0.269 e. The highest BCUT2D eigenvalue weighted by Crippen LogP contribution is 2.13. The number of amides is 1. The molecule has 24 heavy (non-hydrogen) atoms. The number of carbonyl (C=O) groups is 1. The Kier molecular flexibility index (Phi) is 5.32. The lowest BCUT2D eigenvalue weighted by molar-refractivity contribution is 0.0949. The number of benzene rings is 1. The van der Waals surface area contributed by atoms with Gasteiger partial charge in [-0.3, -0.25) is 9.36 Å². The van der Waals surface area contributed by atoms with E-state index in [9.17, 15) is 9.18 Å². The van der Waals surface area contributed by atoms with Crippen LogP contribution in [0, 0.1) is 5.82 Å². The molecule has 0 atom stereocenters. The summed E-state index contributed by atoms with van der Waals surface area (Å²) in [4.78, 5) is 16.3. The second-order valence-corrected chi connectivity index (χ2v) is 6.12. The predicted molar refractivity (Wildman–Crippen MR) is 90.7 cm³/mol. The van der Waals surface area contributed by atoms with Gasteiger partial charge in [-0.1, -0.05) is 0 Å². The monoisotopic (exact) mass is 345 g/mol. The normalized spacial score (nSPS) is 10.7. The van der Waals surface area contributed by atoms with E-state index in [1.807, 2.05) is 12.1 Å². The summed E-state index contributed by atoms with van der Waals surface area (Å²) >= 11 is 1.68. The summed E-state index contributed by atoms with van der Waals surface area (Å²) in [7, 11) is 0. The van der Waals surface area contributed by atoms with E-state index in [-0.39, 0.29) is 11.7 Å². The molecule has 0 aliphatic heterocycles. The molecule has 3 aromatic rings. The molecule has 5 nitrogen and oxygen atoms in total. The molecule has 0 aliphatic rings. The number of aromatic nitrogens is 2. The average Bonchev–Trinajstić information content (AvgIpc) is 3.26. The summed E-state index contributed by atoms with van der Waals surface area (Å²) < 4.78 is 19.9. The first kappa shape index (κ1) is 16.3. The van der Waals surface area contributed by atoms with Gasteiger partial charge in [0.1, 0.15) is 17.3 Å². The largest absolute Gasteiger partial charge is 0.468 e.